The van der Waals surface area contributed by atoms with Crippen LogP contribution in [0.15, 0.2) is 0 Å². The maximum atomic E-state index is 11.7. The SMILES string of the molecule is CCC1CCC2CCCC(CCNC(=O)C3CC3)C2C1. The van der Waals surface area contributed by atoms with Gasteiger partial charge in [-0.25, -0.2) is 0 Å². The molecule has 3 aliphatic rings. The molecule has 0 bridgehead atoms. The number of nitrogens with one attached hydrogen (secondary N) is 1. The number of rotatable bonds is 5. The van der Waals surface area contributed by atoms with Crippen molar-refractivity contribution in [2.75, 3.05) is 6.54 Å². The monoisotopic (exact) mass is 277 g/mol. The molecule has 0 aliphatic heterocycles. The zero-order valence-corrected chi connectivity index (χ0v) is 13.1. The smallest absolute Gasteiger partial charge is 0.223 e. The van der Waals surface area contributed by atoms with Crippen LogP contribution in [0.25, 0.3) is 0 Å². The summed E-state index contributed by atoms with van der Waals surface area (Å²) in [5, 5.41) is 3.17. The van der Waals surface area contributed by atoms with Crippen LogP contribution in [0.2, 0.25) is 0 Å². The number of carbonyl (C=O) groups is 1. The van der Waals surface area contributed by atoms with Crippen molar-refractivity contribution >= 4 is 5.91 Å². The summed E-state index contributed by atoms with van der Waals surface area (Å²) < 4.78 is 0. The van der Waals surface area contributed by atoms with E-state index in [2.05, 4.69) is 12.2 Å². The molecule has 0 aromatic heterocycles. The van der Waals surface area contributed by atoms with Gasteiger partial charge in [0.2, 0.25) is 5.91 Å². The summed E-state index contributed by atoms with van der Waals surface area (Å²) in [6.45, 7) is 3.29. The van der Waals surface area contributed by atoms with Crippen LogP contribution in [-0.4, -0.2) is 12.5 Å². The first kappa shape index (κ1) is 14.4. The fourth-order valence-electron chi connectivity index (χ4n) is 4.75. The lowest BCUT2D eigenvalue weighted by Gasteiger charge is -2.44. The van der Waals surface area contributed by atoms with Crippen LogP contribution in [0.5, 0.6) is 0 Å². The molecule has 1 N–H and O–H groups in total. The van der Waals surface area contributed by atoms with Crippen LogP contribution >= 0.6 is 0 Å². The second-order valence-corrected chi connectivity index (χ2v) is 7.56. The number of hydrogen-bond donors (Lipinski definition) is 1. The van der Waals surface area contributed by atoms with Gasteiger partial charge in [0.25, 0.3) is 0 Å². The van der Waals surface area contributed by atoms with Gasteiger partial charge in [-0.1, -0.05) is 39.0 Å². The summed E-state index contributed by atoms with van der Waals surface area (Å²) in [5.74, 6) is 4.55. The third-order valence-corrected chi connectivity index (χ3v) is 6.25. The van der Waals surface area contributed by atoms with E-state index in [1.54, 1.807) is 0 Å². The number of fused-ring (bicyclic) bond motifs is 1. The Morgan fingerprint density at radius 1 is 1.10 bits per heavy atom. The molecular formula is C18H31NO. The number of hydrogen-bond acceptors (Lipinski definition) is 1. The average Bonchev–Trinajstić information content (AvgIpc) is 3.31. The highest BCUT2D eigenvalue weighted by molar-refractivity contribution is 5.80. The Bertz CT molecular complexity index is 336. The highest BCUT2D eigenvalue weighted by Crippen LogP contribution is 2.47. The van der Waals surface area contributed by atoms with Crippen LogP contribution in [-0.2, 0) is 4.79 Å². The van der Waals surface area contributed by atoms with E-state index < -0.39 is 0 Å². The van der Waals surface area contributed by atoms with Crippen molar-refractivity contribution in [1.29, 1.82) is 0 Å². The highest BCUT2D eigenvalue weighted by Gasteiger charge is 2.37. The third kappa shape index (κ3) is 3.38. The van der Waals surface area contributed by atoms with Crippen molar-refractivity contribution in [1.82, 2.24) is 5.32 Å². The first-order chi connectivity index (χ1) is 9.78. The summed E-state index contributed by atoms with van der Waals surface area (Å²) in [6, 6.07) is 0. The van der Waals surface area contributed by atoms with E-state index in [4.69, 9.17) is 0 Å². The minimum Gasteiger partial charge on any atom is -0.356 e. The van der Waals surface area contributed by atoms with E-state index in [0.717, 1.165) is 43.1 Å². The maximum absolute atomic E-state index is 11.7. The van der Waals surface area contributed by atoms with Crippen molar-refractivity contribution < 1.29 is 4.79 Å². The Balaban J connectivity index is 1.47. The minimum absolute atomic E-state index is 0.326. The zero-order chi connectivity index (χ0) is 13.9. The molecular weight excluding hydrogens is 246 g/mol. The molecule has 0 aromatic rings. The van der Waals surface area contributed by atoms with Crippen molar-refractivity contribution in [3.8, 4) is 0 Å². The van der Waals surface area contributed by atoms with Gasteiger partial charge in [-0.05, 0) is 55.8 Å². The van der Waals surface area contributed by atoms with E-state index in [-0.39, 0.29) is 0 Å². The van der Waals surface area contributed by atoms with Gasteiger partial charge in [-0.3, -0.25) is 4.79 Å². The van der Waals surface area contributed by atoms with Gasteiger partial charge in [-0.2, -0.15) is 0 Å². The first-order valence-electron chi connectivity index (χ1n) is 9.05. The second-order valence-electron chi connectivity index (χ2n) is 7.56. The minimum atomic E-state index is 0.326. The predicted molar refractivity (Wildman–Crippen MR) is 82.3 cm³/mol. The van der Waals surface area contributed by atoms with Crippen molar-refractivity contribution in [3.63, 3.8) is 0 Å². The molecule has 2 nitrogen and oxygen atoms in total. The zero-order valence-electron chi connectivity index (χ0n) is 13.1. The molecule has 3 saturated carbocycles. The topological polar surface area (TPSA) is 29.1 Å². The summed E-state index contributed by atoms with van der Waals surface area (Å²) in [6.07, 6.45) is 13.6. The second kappa shape index (κ2) is 6.49. The Hall–Kier alpha value is -0.530. The van der Waals surface area contributed by atoms with Crippen LogP contribution in [0, 0.1) is 29.6 Å². The molecule has 3 rings (SSSR count). The summed E-state index contributed by atoms with van der Waals surface area (Å²) in [4.78, 5) is 11.7. The third-order valence-electron chi connectivity index (χ3n) is 6.25. The fourth-order valence-corrected chi connectivity index (χ4v) is 4.75. The fraction of sp³-hybridized carbons (Fsp3) is 0.944. The average molecular weight is 277 g/mol. The van der Waals surface area contributed by atoms with Crippen molar-refractivity contribution in [3.05, 3.63) is 0 Å². The van der Waals surface area contributed by atoms with Crippen LogP contribution in [0.3, 0.4) is 0 Å². The quantitative estimate of drug-likeness (QED) is 0.804. The largest absolute Gasteiger partial charge is 0.356 e. The first-order valence-corrected chi connectivity index (χ1v) is 9.05. The van der Waals surface area contributed by atoms with Gasteiger partial charge < -0.3 is 5.32 Å². The normalized spacial score (nSPS) is 37.2. The lowest BCUT2D eigenvalue weighted by atomic mass is 9.62. The van der Waals surface area contributed by atoms with Crippen LogP contribution < -0.4 is 5.32 Å². The van der Waals surface area contributed by atoms with Gasteiger partial charge in [-0.15, -0.1) is 0 Å². The summed E-state index contributed by atoms with van der Waals surface area (Å²) in [7, 11) is 0. The Labute approximate surface area is 124 Å². The van der Waals surface area contributed by atoms with E-state index in [1.165, 1.54) is 51.4 Å². The van der Waals surface area contributed by atoms with Gasteiger partial charge in [0.15, 0.2) is 0 Å². The maximum Gasteiger partial charge on any atom is 0.223 e. The summed E-state index contributed by atoms with van der Waals surface area (Å²) >= 11 is 0. The molecule has 4 atom stereocenters. The summed E-state index contributed by atoms with van der Waals surface area (Å²) in [5.41, 5.74) is 0. The van der Waals surface area contributed by atoms with Gasteiger partial charge in [0, 0.05) is 12.5 Å². The Kier molecular flexibility index (Phi) is 4.68. The molecule has 20 heavy (non-hydrogen) atoms. The molecule has 0 saturated heterocycles. The van der Waals surface area contributed by atoms with E-state index in [9.17, 15) is 4.79 Å². The van der Waals surface area contributed by atoms with Crippen molar-refractivity contribution in [2.24, 2.45) is 29.6 Å². The standard InChI is InChI=1S/C18H31NO/c1-2-13-6-7-14-4-3-5-15(17(14)12-13)10-11-19-18(20)16-8-9-16/h13-17H,2-12H2,1H3,(H,19,20). The molecule has 114 valence electrons. The van der Waals surface area contributed by atoms with E-state index >= 15 is 0 Å². The highest BCUT2D eigenvalue weighted by atomic mass is 16.2. The molecule has 2 heteroatoms. The van der Waals surface area contributed by atoms with Crippen LogP contribution in [0.4, 0.5) is 0 Å². The van der Waals surface area contributed by atoms with E-state index in [1.807, 2.05) is 0 Å². The van der Waals surface area contributed by atoms with Crippen LogP contribution in [0.1, 0.15) is 71.1 Å². The molecule has 3 fully saturated rings. The van der Waals surface area contributed by atoms with E-state index in [0.29, 0.717) is 11.8 Å². The van der Waals surface area contributed by atoms with Gasteiger partial charge in [0.1, 0.15) is 0 Å². The lowest BCUT2D eigenvalue weighted by molar-refractivity contribution is -0.122. The predicted octanol–water partition coefficient (Wildman–Crippen LogP) is 4.15. The lowest BCUT2D eigenvalue weighted by Crippen LogP contribution is -2.36. The Morgan fingerprint density at radius 2 is 1.95 bits per heavy atom. The van der Waals surface area contributed by atoms with Crippen molar-refractivity contribution in [2.45, 2.75) is 71.1 Å². The molecule has 0 aromatic carbocycles. The molecule has 4 unspecified atom stereocenters. The molecule has 0 radical (unpaired) electrons. The number of carbonyl (C=O) groups excluding carboxylic acids is 1. The molecule has 3 aliphatic carbocycles. The Morgan fingerprint density at radius 3 is 2.70 bits per heavy atom. The van der Waals surface area contributed by atoms with Gasteiger partial charge >= 0.3 is 0 Å². The molecule has 0 spiro atoms. The van der Waals surface area contributed by atoms with Gasteiger partial charge in [0.05, 0.1) is 0 Å². The number of amides is 1. The molecule has 1 amide bonds. The molecule has 0 heterocycles.